The van der Waals surface area contributed by atoms with Gasteiger partial charge in [0.2, 0.25) is 0 Å². The first kappa shape index (κ1) is 17.3. The van der Waals surface area contributed by atoms with Crippen LogP contribution >= 0.6 is 11.6 Å². The van der Waals surface area contributed by atoms with Gasteiger partial charge in [0.15, 0.2) is 17.5 Å². The van der Waals surface area contributed by atoms with Crippen molar-refractivity contribution in [1.29, 1.82) is 0 Å². The summed E-state index contributed by atoms with van der Waals surface area (Å²) in [6.45, 7) is 4.81. The molecule has 25 heavy (non-hydrogen) atoms. The molecule has 0 aliphatic carbocycles. The Kier molecular flexibility index (Phi) is 5.60. The van der Waals surface area contributed by atoms with E-state index in [1.807, 2.05) is 26.1 Å². The molecule has 0 saturated carbocycles. The van der Waals surface area contributed by atoms with Crippen molar-refractivity contribution >= 4 is 17.6 Å². The molecule has 2 heterocycles. The average Bonchev–Trinajstić information content (AvgIpc) is 3.02. The lowest BCUT2D eigenvalue weighted by Gasteiger charge is -2.20. The van der Waals surface area contributed by atoms with E-state index in [9.17, 15) is 0 Å². The maximum Gasteiger partial charge on any atom is 0.191 e. The minimum Gasteiger partial charge on any atom is -0.486 e. The Morgan fingerprint density at radius 1 is 1.32 bits per heavy atom. The zero-order chi connectivity index (χ0) is 17.6. The van der Waals surface area contributed by atoms with Crippen LogP contribution in [0.2, 0.25) is 5.02 Å². The Bertz CT molecular complexity index is 761. The van der Waals surface area contributed by atoms with Crippen LogP contribution in [0.3, 0.4) is 0 Å². The number of ether oxygens (including phenoxy) is 2. The minimum absolute atomic E-state index is 0.463. The van der Waals surface area contributed by atoms with E-state index >= 15 is 0 Å². The molecule has 0 spiro atoms. The van der Waals surface area contributed by atoms with E-state index in [4.69, 9.17) is 21.1 Å². The number of halogens is 1. The summed E-state index contributed by atoms with van der Waals surface area (Å²) in [5.74, 6) is 2.79. The zero-order valence-electron chi connectivity index (χ0n) is 14.3. The van der Waals surface area contributed by atoms with Gasteiger partial charge in [-0.25, -0.2) is 9.98 Å². The second-order valence-electron chi connectivity index (χ2n) is 5.45. The van der Waals surface area contributed by atoms with Gasteiger partial charge in [-0.3, -0.25) is 4.68 Å². The summed E-state index contributed by atoms with van der Waals surface area (Å²) < 4.78 is 12.9. The summed E-state index contributed by atoms with van der Waals surface area (Å²) in [6, 6.07) is 3.76. The second-order valence-corrected chi connectivity index (χ2v) is 5.86. The van der Waals surface area contributed by atoms with Crippen LogP contribution in [-0.2, 0) is 20.1 Å². The van der Waals surface area contributed by atoms with Gasteiger partial charge in [0.05, 0.1) is 18.1 Å². The normalized spacial score (nSPS) is 13.6. The second kappa shape index (κ2) is 8.06. The van der Waals surface area contributed by atoms with E-state index in [1.165, 1.54) is 6.33 Å². The third-order valence-electron chi connectivity index (χ3n) is 3.64. The Labute approximate surface area is 151 Å². The van der Waals surface area contributed by atoms with Crippen molar-refractivity contribution in [3.63, 3.8) is 0 Å². The van der Waals surface area contributed by atoms with Gasteiger partial charge in [-0.05, 0) is 24.6 Å². The lowest BCUT2D eigenvalue weighted by molar-refractivity contribution is 0.171. The SMILES string of the molecule is CCNC(=NCc1cc(Cl)c2c(c1)OCCO2)NCc1ncnn1C. The molecular formula is C16H21ClN6O2. The topological polar surface area (TPSA) is 85.6 Å². The van der Waals surface area contributed by atoms with Gasteiger partial charge in [0, 0.05) is 13.6 Å². The number of nitrogens with one attached hydrogen (secondary N) is 2. The van der Waals surface area contributed by atoms with Gasteiger partial charge in [-0.15, -0.1) is 0 Å². The van der Waals surface area contributed by atoms with Crippen LogP contribution in [0.25, 0.3) is 0 Å². The monoisotopic (exact) mass is 364 g/mol. The molecule has 3 rings (SSSR count). The van der Waals surface area contributed by atoms with Crippen LogP contribution in [0, 0.1) is 0 Å². The Balaban J connectivity index is 1.68. The lowest BCUT2D eigenvalue weighted by Crippen LogP contribution is -2.37. The molecule has 0 radical (unpaired) electrons. The van der Waals surface area contributed by atoms with Gasteiger partial charge >= 0.3 is 0 Å². The predicted molar refractivity (Wildman–Crippen MR) is 95.1 cm³/mol. The number of aromatic nitrogens is 3. The maximum absolute atomic E-state index is 6.27. The van der Waals surface area contributed by atoms with Crippen LogP contribution in [0.15, 0.2) is 23.5 Å². The maximum atomic E-state index is 6.27. The molecule has 0 fully saturated rings. The van der Waals surface area contributed by atoms with Crippen LogP contribution in [0.5, 0.6) is 11.5 Å². The first-order valence-corrected chi connectivity index (χ1v) is 8.48. The molecule has 9 heteroatoms. The molecule has 8 nitrogen and oxygen atoms in total. The summed E-state index contributed by atoms with van der Waals surface area (Å²) in [4.78, 5) is 8.77. The first-order valence-electron chi connectivity index (χ1n) is 8.10. The highest BCUT2D eigenvalue weighted by Crippen LogP contribution is 2.38. The summed E-state index contributed by atoms with van der Waals surface area (Å²) >= 11 is 6.27. The number of fused-ring (bicyclic) bond motifs is 1. The molecule has 2 aromatic rings. The Hall–Kier alpha value is -2.48. The van der Waals surface area contributed by atoms with E-state index in [-0.39, 0.29) is 0 Å². The number of aliphatic imine (C=N–C) groups is 1. The van der Waals surface area contributed by atoms with Gasteiger partial charge < -0.3 is 20.1 Å². The van der Waals surface area contributed by atoms with E-state index in [1.54, 1.807) is 4.68 Å². The van der Waals surface area contributed by atoms with Gasteiger partial charge in [-0.1, -0.05) is 11.6 Å². The number of rotatable bonds is 5. The quantitative estimate of drug-likeness (QED) is 0.617. The molecule has 0 bridgehead atoms. The summed E-state index contributed by atoms with van der Waals surface area (Å²) in [7, 11) is 1.85. The standard InChI is InChI=1S/C16H21ClN6O2/c1-3-18-16(20-9-14-21-10-22-23(14)2)19-8-11-6-12(17)15-13(7-11)24-4-5-25-15/h6-7,10H,3-5,8-9H2,1-2H3,(H2,18,19,20). The molecule has 0 saturated heterocycles. The summed E-state index contributed by atoms with van der Waals surface area (Å²) in [5, 5.41) is 11.0. The summed E-state index contributed by atoms with van der Waals surface area (Å²) in [6.07, 6.45) is 1.53. The first-order chi connectivity index (χ1) is 12.2. The van der Waals surface area contributed by atoms with Crippen LogP contribution in [0.1, 0.15) is 18.3 Å². The molecule has 1 aliphatic rings. The number of benzene rings is 1. The molecular weight excluding hydrogens is 344 g/mol. The fraction of sp³-hybridized carbons (Fsp3) is 0.438. The van der Waals surface area contributed by atoms with E-state index < -0.39 is 0 Å². The zero-order valence-corrected chi connectivity index (χ0v) is 15.0. The van der Waals surface area contributed by atoms with E-state index in [0.717, 1.165) is 17.9 Å². The minimum atomic E-state index is 0.463. The summed E-state index contributed by atoms with van der Waals surface area (Å²) in [5.41, 5.74) is 0.949. The van der Waals surface area contributed by atoms with Crippen molar-refractivity contribution in [2.45, 2.75) is 20.0 Å². The molecule has 0 unspecified atom stereocenters. The fourth-order valence-corrected chi connectivity index (χ4v) is 2.70. The molecule has 134 valence electrons. The molecule has 2 N–H and O–H groups in total. The highest BCUT2D eigenvalue weighted by atomic mass is 35.5. The molecule has 0 atom stereocenters. The number of hydrogen-bond acceptors (Lipinski definition) is 5. The van der Waals surface area contributed by atoms with Gasteiger partial charge in [0.1, 0.15) is 25.4 Å². The fourth-order valence-electron chi connectivity index (χ4n) is 2.41. The van der Waals surface area contributed by atoms with Crippen molar-refractivity contribution in [2.75, 3.05) is 19.8 Å². The lowest BCUT2D eigenvalue weighted by atomic mass is 10.2. The van der Waals surface area contributed by atoms with Crippen molar-refractivity contribution in [1.82, 2.24) is 25.4 Å². The predicted octanol–water partition coefficient (Wildman–Crippen LogP) is 1.49. The number of guanidine groups is 1. The Morgan fingerprint density at radius 2 is 2.16 bits per heavy atom. The molecule has 1 aliphatic heterocycles. The number of aryl methyl sites for hydroxylation is 1. The average molecular weight is 365 g/mol. The highest BCUT2D eigenvalue weighted by Gasteiger charge is 2.16. The van der Waals surface area contributed by atoms with Gasteiger partial charge in [-0.2, -0.15) is 5.10 Å². The largest absolute Gasteiger partial charge is 0.486 e. The molecule has 1 aromatic heterocycles. The Morgan fingerprint density at radius 3 is 2.92 bits per heavy atom. The van der Waals surface area contributed by atoms with E-state index in [0.29, 0.717) is 48.8 Å². The third-order valence-corrected chi connectivity index (χ3v) is 3.92. The molecule has 1 aromatic carbocycles. The number of nitrogens with zero attached hydrogens (tertiary/aromatic N) is 4. The third kappa shape index (κ3) is 4.33. The van der Waals surface area contributed by atoms with Crippen molar-refractivity contribution < 1.29 is 9.47 Å². The van der Waals surface area contributed by atoms with Crippen LogP contribution < -0.4 is 20.1 Å². The van der Waals surface area contributed by atoms with Crippen molar-refractivity contribution in [3.05, 3.63) is 34.9 Å². The van der Waals surface area contributed by atoms with Crippen LogP contribution in [-0.4, -0.2) is 40.5 Å². The highest BCUT2D eigenvalue weighted by molar-refractivity contribution is 6.32. The van der Waals surface area contributed by atoms with Crippen molar-refractivity contribution in [2.24, 2.45) is 12.0 Å². The smallest absolute Gasteiger partial charge is 0.191 e. The van der Waals surface area contributed by atoms with Crippen LogP contribution in [0.4, 0.5) is 0 Å². The van der Waals surface area contributed by atoms with Gasteiger partial charge in [0.25, 0.3) is 0 Å². The van der Waals surface area contributed by atoms with E-state index in [2.05, 4.69) is 25.7 Å². The number of hydrogen-bond donors (Lipinski definition) is 2. The van der Waals surface area contributed by atoms with Crippen molar-refractivity contribution in [3.8, 4) is 11.5 Å². The molecule has 0 amide bonds.